The largest absolute Gasteiger partial charge is 0.481 e. The first kappa shape index (κ1) is 19.2. The molecule has 0 saturated heterocycles. The number of nitrogens with zero attached hydrogens (tertiary/aromatic N) is 2. The van der Waals surface area contributed by atoms with Crippen LogP contribution in [0.4, 0.5) is 0 Å². The smallest absolute Gasteiger partial charge is 0.307 e. The molecule has 0 amide bonds. The average molecular weight is 395 g/mol. The molecule has 1 aromatic carbocycles. The fourth-order valence-corrected chi connectivity index (χ4v) is 4.12. The molecule has 140 valence electrons. The van der Waals surface area contributed by atoms with Crippen molar-refractivity contribution in [2.24, 2.45) is 11.3 Å². The molecule has 1 saturated carbocycles. The van der Waals surface area contributed by atoms with E-state index < -0.39 is 11.9 Å². The molecule has 1 atom stereocenters. The first-order valence-electron chi connectivity index (χ1n) is 8.75. The topological polar surface area (TPSA) is 76.2 Å². The molecule has 0 bridgehead atoms. The van der Waals surface area contributed by atoms with E-state index in [1.807, 2.05) is 39.0 Å². The minimum atomic E-state index is -0.770. The van der Waals surface area contributed by atoms with Crippen molar-refractivity contribution in [3.8, 4) is 11.5 Å². The Kier molecular flexibility index (Phi) is 5.63. The Bertz CT molecular complexity index is 796. The van der Waals surface area contributed by atoms with Gasteiger partial charge in [0.1, 0.15) is 0 Å². The van der Waals surface area contributed by atoms with Gasteiger partial charge in [0.05, 0.1) is 16.5 Å². The summed E-state index contributed by atoms with van der Waals surface area (Å²) in [4.78, 5) is 11.4. The standard InChI is InChI=1S/C19H23ClN2O3S/c1-19(2,3)14(17(23)24)9-10-26-18-22-21-16(25-18)13-6-4-5-12(15(13)20)11-7-8-11/h4-6,11,14H,7-10H2,1-3H3,(H,23,24). The number of carboxylic acids is 1. The monoisotopic (exact) mass is 394 g/mol. The zero-order chi connectivity index (χ0) is 18.9. The van der Waals surface area contributed by atoms with Crippen molar-refractivity contribution < 1.29 is 14.3 Å². The number of benzene rings is 1. The maximum Gasteiger partial charge on any atom is 0.307 e. The number of carbonyl (C=O) groups is 1. The second-order valence-corrected chi connectivity index (χ2v) is 9.17. The van der Waals surface area contributed by atoms with Gasteiger partial charge in [0.15, 0.2) is 0 Å². The highest BCUT2D eigenvalue weighted by atomic mass is 35.5. The summed E-state index contributed by atoms with van der Waals surface area (Å²) in [5.74, 6) is 0.372. The Morgan fingerprint density at radius 2 is 2.12 bits per heavy atom. The Hall–Kier alpha value is -1.53. The number of hydrogen-bond acceptors (Lipinski definition) is 5. The third-order valence-corrected chi connectivity index (χ3v) is 5.93. The summed E-state index contributed by atoms with van der Waals surface area (Å²) in [6.45, 7) is 5.82. The lowest BCUT2D eigenvalue weighted by Gasteiger charge is -2.26. The van der Waals surface area contributed by atoms with Crippen LogP contribution in [0, 0.1) is 11.3 Å². The molecule has 5 nitrogen and oxygen atoms in total. The van der Waals surface area contributed by atoms with Crippen LogP contribution in [0.3, 0.4) is 0 Å². The van der Waals surface area contributed by atoms with Gasteiger partial charge in [0.2, 0.25) is 5.89 Å². The summed E-state index contributed by atoms with van der Waals surface area (Å²) in [6, 6.07) is 5.90. The van der Waals surface area contributed by atoms with Crippen LogP contribution in [-0.4, -0.2) is 27.0 Å². The van der Waals surface area contributed by atoms with Crippen LogP contribution in [0.2, 0.25) is 5.02 Å². The molecular weight excluding hydrogens is 372 g/mol. The number of thioether (sulfide) groups is 1. The van der Waals surface area contributed by atoms with Crippen LogP contribution in [-0.2, 0) is 4.79 Å². The number of halogens is 1. The van der Waals surface area contributed by atoms with Crippen molar-refractivity contribution in [1.29, 1.82) is 0 Å². The molecule has 1 aliphatic rings. The lowest BCUT2D eigenvalue weighted by Crippen LogP contribution is -2.28. The van der Waals surface area contributed by atoms with Gasteiger partial charge in [0.25, 0.3) is 5.22 Å². The first-order valence-corrected chi connectivity index (χ1v) is 10.1. The van der Waals surface area contributed by atoms with Crippen molar-refractivity contribution in [3.63, 3.8) is 0 Å². The molecule has 1 fully saturated rings. The molecule has 0 aliphatic heterocycles. The third kappa shape index (κ3) is 4.41. The zero-order valence-corrected chi connectivity index (χ0v) is 16.7. The van der Waals surface area contributed by atoms with E-state index in [-0.39, 0.29) is 5.41 Å². The van der Waals surface area contributed by atoms with E-state index in [4.69, 9.17) is 16.0 Å². The van der Waals surface area contributed by atoms with E-state index in [1.54, 1.807) is 0 Å². The van der Waals surface area contributed by atoms with Gasteiger partial charge in [-0.05, 0) is 42.2 Å². The summed E-state index contributed by atoms with van der Waals surface area (Å²) in [5, 5.41) is 18.7. The number of aliphatic carboxylic acids is 1. The third-order valence-electron chi connectivity index (χ3n) is 4.66. The molecule has 1 N–H and O–H groups in total. The molecule has 26 heavy (non-hydrogen) atoms. The van der Waals surface area contributed by atoms with Crippen molar-refractivity contribution in [3.05, 3.63) is 28.8 Å². The Balaban J connectivity index is 1.65. The zero-order valence-electron chi connectivity index (χ0n) is 15.2. The summed E-state index contributed by atoms with van der Waals surface area (Å²) in [7, 11) is 0. The lowest BCUT2D eigenvalue weighted by atomic mass is 9.79. The molecule has 3 rings (SSSR count). The normalized spacial score (nSPS) is 15.8. The number of aromatic nitrogens is 2. The predicted molar refractivity (Wildman–Crippen MR) is 103 cm³/mol. The fraction of sp³-hybridized carbons (Fsp3) is 0.526. The Labute approximate surface area is 162 Å². The Morgan fingerprint density at radius 1 is 1.38 bits per heavy atom. The predicted octanol–water partition coefficient (Wildman–Crippen LogP) is 5.50. The van der Waals surface area contributed by atoms with Gasteiger partial charge in [-0.1, -0.05) is 56.3 Å². The highest BCUT2D eigenvalue weighted by Crippen LogP contribution is 2.45. The highest BCUT2D eigenvalue weighted by Gasteiger charge is 2.31. The minimum Gasteiger partial charge on any atom is -0.481 e. The molecule has 1 aromatic heterocycles. The van der Waals surface area contributed by atoms with Crippen molar-refractivity contribution in [1.82, 2.24) is 10.2 Å². The van der Waals surface area contributed by atoms with Crippen molar-refractivity contribution >= 4 is 29.3 Å². The van der Waals surface area contributed by atoms with Crippen LogP contribution in [0.5, 0.6) is 0 Å². The summed E-state index contributed by atoms with van der Waals surface area (Å²) in [6.07, 6.45) is 2.89. The molecule has 7 heteroatoms. The van der Waals surface area contributed by atoms with Crippen molar-refractivity contribution in [2.45, 2.75) is 51.2 Å². The fourth-order valence-electron chi connectivity index (χ4n) is 2.99. The van der Waals surface area contributed by atoms with Crippen molar-refractivity contribution in [2.75, 3.05) is 5.75 Å². The van der Waals surface area contributed by atoms with Crippen LogP contribution >= 0.6 is 23.4 Å². The van der Waals surface area contributed by atoms with E-state index in [0.717, 1.165) is 11.1 Å². The maximum absolute atomic E-state index is 11.4. The van der Waals surface area contributed by atoms with Gasteiger partial charge in [-0.25, -0.2) is 0 Å². The number of rotatable bonds is 7. The molecule has 1 heterocycles. The molecule has 0 radical (unpaired) electrons. The van der Waals surface area contributed by atoms with E-state index in [0.29, 0.717) is 34.2 Å². The maximum atomic E-state index is 11.4. The van der Waals surface area contributed by atoms with E-state index in [9.17, 15) is 9.90 Å². The molecule has 0 spiro atoms. The van der Waals surface area contributed by atoms with Crippen LogP contribution < -0.4 is 0 Å². The SMILES string of the molecule is CC(C)(C)C(CCSc1nnc(-c2cccc(C3CC3)c2Cl)o1)C(=O)O. The molecule has 2 aromatic rings. The minimum absolute atomic E-state index is 0.289. The van der Waals surface area contributed by atoms with Gasteiger partial charge in [-0.3, -0.25) is 4.79 Å². The average Bonchev–Trinajstić information content (AvgIpc) is 3.29. The summed E-state index contributed by atoms with van der Waals surface area (Å²) < 4.78 is 5.74. The van der Waals surface area contributed by atoms with Gasteiger partial charge < -0.3 is 9.52 Å². The van der Waals surface area contributed by atoms with Gasteiger partial charge in [-0.15, -0.1) is 10.2 Å². The van der Waals surface area contributed by atoms with Crippen LogP contribution in [0.25, 0.3) is 11.5 Å². The summed E-state index contributed by atoms with van der Waals surface area (Å²) >= 11 is 7.90. The Morgan fingerprint density at radius 3 is 2.73 bits per heavy atom. The van der Waals surface area contributed by atoms with Gasteiger partial charge in [-0.2, -0.15) is 0 Å². The van der Waals surface area contributed by atoms with E-state index in [1.165, 1.54) is 24.6 Å². The quantitative estimate of drug-likeness (QED) is 0.625. The summed E-state index contributed by atoms with van der Waals surface area (Å²) in [5.41, 5.74) is 1.61. The van der Waals surface area contributed by atoms with Gasteiger partial charge in [0, 0.05) is 5.75 Å². The number of carboxylic acid groups (broad SMARTS) is 1. The lowest BCUT2D eigenvalue weighted by molar-refractivity contribution is -0.145. The van der Waals surface area contributed by atoms with Crippen LogP contribution in [0.15, 0.2) is 27.8 Å². The number of hydrogen-bond donors (Lipinski definition) is 1. The second kappa shape index (κ2) is 7.61. The second-order valence-electron chi connectivity index (χ2n) is 7.75. The molecule has 1 unspecified atom stereocenters. The first-order chi connectivity index (χ1) is 12.3. The van der Waals surface area contributed by atoms with E-state index >= 15 is 0 Å². The highest BCUT2D eigenvalue weighted by molar-refractivity contribution is 7.99. The van der Waals surface area contributed by atoms with Crippen LogP contribution in [0.1, 0.15) is 51.5 Å². The van der Waals surface area contributed by atoms with E-state index in [2.05, 4.69) is 10.2 Å². The molecular formula is C19H23ClN2O3S. The molecule has 1 aliphatic carbocycles. The van der Waals surface area contributed by atoms with Gasteiger partial charge >= 0.3 is 5.97 Å².